The maximum atomic E-state index is 14.2. The number of ether oxygens (including phenoxy) is 1. The molecule has 1 aromatic rings. The third kappa shape index (κ3) is 5.08. The first kappa shape index (κ1) is 18.9. The van der Waals surface area contributed by atoms with Crippen molar-refractivity contribution in [2.24, 2.45) is 5.92 Å². The van der Waals surface area contributed by atoms with Gasteiger partial charge in [-0.15, -0.1) is 0 Å². The molecule has 1 saturated carbocycles. The Morgan fingerprint density at radius 1 is 1.07 bits per heavy atom. The summed E-state index contributed by atoms with van der Waals surface area (Å²) in [5.74, 6) is 1.45. The average Bonchev–Trinajstić information content (AvgIpc) is 2.71. The molecule has 0 radical (unpaired) electrons. The molecule has 4 rings (SSSR count). The zero-order valence-corrected chi connectivity index (χ0v) is 16.2. The quantitative estimate of drug-likeness (QED) is 0.852. The number of nitrogens with one attached hydrogen (secondary N) is 1. The van der Waals surface area contributed by atoms with Crippen LogP contribution in [0, 0.1) is 11.7 Å². The molecule has 3 heterocycles. The van der Waals surface area contributed by atoms with Gasteiger partial charge >= 0.3 is 0 Å². The van der Waals surface area contributed by atoms with Gasteiger partial charge in [0.05, 0.1) is 19.4 Å². The molecular formula is C20H32FN5O. The molecule has 0 bridgehead atoms. The molecule has 1 atom stereocenters. The van der Waals surface area contributed by atoms with Crippen molar-refractivity contribution in [1.29, 1.82) is 0 Å². The van der Waals surface area contributed by atoms with Crippen molar-refractivity contribution in [3.05, 3.63) is 12.0 Å². The number of morpholine rings is 1. The monoisotopic (exact) mass is 377 g/mol. The molecule has 150 valence electrons. The van der Waals surface area contributed by atoms with Crippen molar-refractivity contribution >= 4 is 11.8 Å². The first-order valence-corrected chi connectivity index (χ1v) is 10.6. The lowest BCUT2D eigenvalue weighted by atomic mass is 9.88. The predicted molar refractivity (Wildman–Crippen MR) is 105 cm³/mol. The number of hydrogen-bond acceptors (Lipinski definition) is 6. The van der Waals surface area contributed by atoms with Crippen LogP contribution in [0.15, 0.2) is 6.20 Å². The second-order valence-electron chi connectivity index (χ2n) is 8.21. The molecule has 6 nitrogen and oxygen atoms in total. The van der Waals surface area contributed by atoms with Crippen molar-refractivity contribution < 1.29 is 9.13 Å². The molecule has 1 N–H and O–H groups in total. The van der Waals surface area contributed by atoms with Crippen LogP contribution in [-0.2, 0) is 4.74 Å². The zero-order chi connectivity index (χ0) is 18.5. The van der Waals surface area contributed by atoms with E-state index < -0.39 is 0 Å². The summed E-state index contributed by atoms with van der Waals surface area (Å²) in [5, 5.41) is 3.47. The van der Waals surface area contributed by atoms with Crippen molar-refractivity contribution in [2.45, 2.75) is 51.0 Å². The molecule has 2 aliphatic heterocycles. The van der Waals surface area contributed by atoms with Gasteiger partial charge < -0.3 is 19.9 Å². The number of rotatable bonds is 5. The molecule has 27 heavy (non-hydrogen) atoms. The maximum absolute atomic E-state index is 14.2. The van der Waals surface area contributed by atoms with Crippen LogP contribution in [-0.4, -0.2) is 66.8 Å². The van der Waals surface area contributed by atoms with Crippen LogP contribution in [0.25, 0.3) is 0 Å². The van der Waals surface area contributed by atoms with E-state index in [9.17, 15) is 4.39 Å². The van der Waals surface area contributed by atoms with Gasteiger partial charge in [-0.25, -0.2) is 9.37 Å². The topological polar surface area (TPSA) is 53.5 Å². The SMILES string of the molecule is Fc1cnc(NC2CCCN(CC3CCCCC3)C2)nc1N1CCOCC1. The minimum atomic E-state index is -0.356. The largest absolute Gasteiger partial charge is 0.378 e. The van der Waals surface area contributed by atoms with Crippen LogP contribution in [0.5, 0.6) is 0 Å². The standard InChI is InChI=1S/C20H32FN5O/c21-18-13-22-20(24-19(18)26-9-11-27-12-10-26)23-17-7-4-8-25(15-17)14-16-5-2-1-3-6-16/h13,16-17H,1-12,14-15H2,(H,22,23,24). The summed E-state index contributed by atoms with van der Waals surface area (Å²) in [5.41, 5.74) is 0. The van der Waals surface area contributed by atoms with Gasteiger partial charge in [0, 0.05) is 32.2 Å². The average molecular weight is 378 g/mol. The molecule has 7 heteroatoms. The van der Waals surface area contributed by atoms with Crippen molar-refractivity contribution in [2.75, 3.05) is 56.2 Å². The fourth-order valence-electron chi connectivity index (χ4n) is 4.68. The molecule has 3 fully saturated rings. The van der Waals surface area contributed by atoms with E-state index in [2.05, 4.69) is 20.2 Å². The Labute approximate surface area is 161 Å². The highest BCUT2D eigenvalue weighted by Gasteiger charge is 2.25. The highest BCUT2D eigenvalue weighted by molar-refractivity contribution is 5.44. The number of hydrogen-bond donors (Lipinski definition) is 1. The summed E-state index contributed by atoms with van der Waals surface area (Å²) in [4.78, 5) is 13.2. The Bertz CT molecular complexity index is 604. The number of piperidine rings is 1. The van der Waals surface area contributed by atoms with Crippen molar-refractivity contribution in [3.63, 3.8) is 0 Å². The fourth-order valence-corrected chi connectivity index (χ4v) is 4.68. The molecule has 0 amide bonds. The molecule has 1 unspecified atom stereocenters. The van der Waals surface area contributed by atoms with Gasteiger partial charge in [-0.3, -0.25) is 0 Å². The minimum absolute atomic E-state index is 0.338. The van der Waals surface area contributed by atoms with Crippen LogP contribution >= 0.6 is 0 Å². The molecule has 0 spiro atoms. The summed E-state index contributed by atoms with van der Waals surface area (Å²) in [6, 6.07) is 0.338. The molecule has 3 aliphatic rings. The van der Waals surface area contributed by atoms with Gasteiger partial charge in [0.15, 0.2) is 11.6 Å². The Balaban J connectivity index is 1.35. The number of aromatic nitrogens is 2. The van der Waals surface area contributed by atoms with Crippen LogP contribution < -0.4 is 10.2 Å². The molecule has 1 aliphatic carbocycles. The maximum Gasteiger partial charge on any atom is 0.225 e. The fraction of sp³-hybridized carbons (Fsp3) is 0.800. The van der Waals surface area contributed by atoms with E-state index >= 15 is 0 Å². The first-order chi connectivity index (χ1) is 13.3. The summed E-state index contributed by atoms with van der Waals surface area (Å²) in [6.45, 7) is 6.03. The summed E-state index contributed by atoms with van der Waals surface area (Å²) >= 11 is 0. The van der Waals surface area contributed by atoms with Crippen LogP contribution in [0.3, 0.4) is 0 Å². The summed E-state index contributed by atoms with van der Waals surface area (Å²) < 4.78 is 19.6. The van der Waals surface area contributed by atoms with E-state index in [0.29, 0.717) is 44.1 Å². The Morgan fingerprint density at radius 3 is 2.70 bits per heavy atom. The zero-order valence-electron chi connectivity index (χ0n) is 16.2. The number of halogens is 1. The Kier molecular flexibility index (Phi) is 6.39. The van der Waals surface area contributed by atoms with E-state index in [-0.39, 0.29) is 5.82 Å². The van der Waals surface area contributed by atoms with Gasteiger partial charge in [-0.1, -0.05) is 19.3 Å². The number of anilines is 2. The normalized spacial score (nSPS) is 25.5. The third-order valence-corrected chi connectivity index (χ3v) is 6.12. The third-order valence-electron chi connectivity index (χ3n) is 6.12. The smallest absolute Gasteiger partial charge is 0.225 e. The highest BCUT2D eigenvalue weighted by Crippen LogP contribution is 2.26. The molecular weight excluding hydrogens is 345 g/mol. The number of nitrogens with zero attached hydrogens (tertiary/aromatic N) is 4. The predicted octanol–water partition coefficient (Wildman–Crippen LogP) is 2.91. The van der Waals surface area contributed by atoms with Crippen LogP contribution in [0.4, 0.5) is 16.2 Å². The molecule has 0 aromatic carbocycles. The van der Waals surface area contributed by atoms with Gasteiger partial charge in [-0.2, -0.15) is 4.98 Å². The van der Waals surface area contributed by atoms with E-state index in [4.69, 9.17) is 4.74 Å². The first-order valence-electron chi connectivity index (χ1n) is 10.6. The van der Waals surface area contributed by atoms with Crippen LogP contribution in [0.2, 0.25) is 0 Å². The van der Waals surface area contributed by atoms with Gasteiger partial charge in [-0.05, 0) is 38.1 Å². The van der Waals surface area contributed by atoms with Gasteiger partial charge in [0.1, 0.15) is 0 Å². The Hall–Kier alpha value is -1.47. The lowest BCUT2D eigenvalue weighted by Gasteiger charge is -2.36. The second-order valence-corrected chi connectivity index (χ2v) is 8.21. The van der Waals surface area contributed by atoms with Crippen LogP contribution in [0.1, 0.15) is 44.9 Å². The van der Waals surface area contributed by atoms with E-state index in [1.807, 2.05) is 4.90 Å². The lowest BCUT2D eigenvalue weighted by Crippen LogP contribution is -2.44. The van der Waals surface area contributed by atoms with Crippen molar-refractivity contribution in [1.82, 2.24) is 14.9 Å². The molecule has 2 saturated heterocycles. The highest BCUT2D eigenvalue weighted by atomic mass is 19.1. The lowest BCUT2D eigenvalue weighted by molar-refractivity contribution is 0.122. The van der Waals surface area contributed by atoms with Gasteiger partial charge in [0.2, 0.25) is 5.95 Å². The summed E-state index contributed by atoms with van der Waals surface area (Å²) in [7, 11) is 0. The number of likely N-dealkylation sites (tertiary alicyclic amines) is 1. The van der Waals surface area contributed by atoms with Gasteiger partial charge in [0.25, 0.3) is 0 Å². The van der Waals surface area contributed by atoms with E-state index in [1.165, 1.54) is 57.8 Å². The second kappa shape index (κ2) is 9.15. The minimum Gasteiger partial charge on any atom is -0.378 e. The van der Waals surface area contributed by atoms with E-state index in [1.54, 1.807) is 0 Å². The van der Waals surface area contributed by atoms with Crippen molar-refractivity contribution in [3.8, 4) is 0 Å². The van der Waals surface area contributed by atoms with E-state index in [0.717, 1.165) is 18.9 Å². The molecule has 1 aromatic heterocycles. The summed E-state index contributed by atoms with van der Waals surface area (Å²) in [6.07, 6.45) is 10.6. The Morgan fingerprint density at radius 2 is 1.89 bits per heavy atom.